The fraction of sp³-hybridized carbons (Fsp3) is 0.190. The average molecular weight is 422 g/mol. The Hall–Kier alpha value is -3.95. The van der Waals surface area contributed by atoms with E-state index in [1.165, 1.54) is 6.20 Å². The summed E-state index contributed by atoms with van der Waals surface area (Å²) >= 11 is 0. The molecule has 1 aliphatic rings. The number of hydrogen-bond acceptors (Lipinski definition) is 6. The number of aromatic nitrogens is 4. The first-order valence-electron chi connectivity index (χ1n) is 9.49. The fourth-order valence-electron chi connectivity index (χ4n) is 3.35. The summed E-state index contributed by atoms with van der Waals surface area (Å²) in [5.74, 6) is -3.01. The minimum absolute atomic E-state index is 0.0240. The number of amides is 1. The molecule has 0 atom stereocenters. The van der Waals surface area contributed by atoms with Crippen LogP contribution in [0.25, 0.3) is 17.0 Å². The van der Waals surface area contributed by atoms with Crippen LogP contribution >= 0.6 is 0 Å². The SMILES string of the molecule is Cc1ccc(-c2noc(C3=NCC(F)(F)C3)n2)cc1NC(=O)c1cnc2ccccn12. The van der Waals surface area contributed by atoms with Crippen LogP contribution < -0.4 is 5.32 Å². The van der Waals surface area contributed by atoms with Crippen LogP contribution in [0.15, 0.2) is 58.3 Å². The smallest absolute Gasteiger partial charge is 0.274 e. The third-order valence-corrected chi connectivity index (χ3v) is 4.99. The number of aliphatic imine (C=N–C) groups is 1. The highest BCUT2D eigenvalue weighted by atomic mass is 19.3. The van der Waals surface area contributed by atoms with Crippen LogP contribution in [-0.4, -0.2) is 43.6 Å². The number of nitrogens with zero attached hydrogens (tertiary/aromatic N) is 5. The number of hydrogen-bond donors (Lipinski definition) is 1. The van der Waals surface area contributed by atoms with Gasteiger partial charge in [-0.3, -0.25) is 14.2 Å². The highest BCUT2D eigenvalue weighted by Crippen LogP contribution is 2.29. The molecule has 10 heteroatoms. The number of halogens is 2. The van der Waals surface area contributed by atoms with Crippen LogP contribution in [0.5, 0.6) is 0 Å². The summed E-state index contributed by atoms with van der Waals surface area (Å²) in [5, 5.41) is 6.76. The molecule has 1 amide bonds. The van der Waals surface area contributed by atoms with Gasteiger partial charge in [0.15, 0.2) is 0 Å². The van der Waals surface area contributed by atoms with E-state index in [0.717, 1.165) is 5.56 Å². The van der Waals surface area contributed by atoms with Gasteiger partial charge >= 0.3 is 0 Å². The Morgan fingerprint density at radius 3 is 2.94 bits per heavy atom. The van der Waals surface area contributed by atoms with Gasteiger partial charge < -0.3 is 9.84 Å². The van der Waals surface area contributed by atoms with Crippen molar-refractivity contribution in [3.63, 3.8) is 0 Å². The number of anilines is 1. The van der Waals surface area contributed by atoms with Crippen LogP contribution in [0.3, 0.4) is 0 Å². The van der Waals surface area contributed by atoms with Crippen molar-refractivity contribution in [2.24, 2.45) is 4.99 Å². The Morgan fingerprint density at radius 2 is 2.13 bits per heavy atom. The Kier molecular flexibility index (Phi) is 4.35. The molecular weight excluding hydrogens is 406 g/mol. The number of aryl methyl sites for hydroxylation is 1. The summed E-state index contributed by atoms with van der Waals surface area (Å²) in [5.41, 5.74) is 3.11. The maximum Gasteiger partial charge on any atom is 0.274 e. The molecule has 8 nitrogen and oxygen atoms in total. The molecular formula is C21H16F2N6O2. The molecule has 3 aromatic heterocycles. The van der Waals surface area contributed by atoms with Gasteiger partial charge in [-0.05, 0) is 30.7 Å². The van der Waals surface area contributed by atoms with Gasteiger partial charge in [0.25, 0.3) is 17.7 Å². The zero-order chi connectivity index (χ0) is 21.6. The Morgan fingerprint density at radius 1 is 1.26 bits per heavy atom. The summed E-state index contributed by atoms with van der Waals surface area (Å²) in [6.45, 7) is 1.27. The van der Waals surface area contributed by atoms with E-state index < -0.39 is 18.9 Å². The molecule has 1 aliphatic heterocycles. The van der Waals surface area contributed by atoms with Crippen LogP contribution in [0.1, 0.15) is 28.4 Å². The molecule has 0 saturated carbocycles. The number of imidazole rings is 1. The van der Waals surface area contributed by atoms with E-state index >= 15 is 0 Å². The van der Waals surface area contributed by atoms with E-state index in [1.807, 2.05) is 19.1 Å². The predicted octanol–water partition coefficient (Wildman–Crippen LogP) is 3.77. The second kappa shape index (κ2) is 7.08. The molecule has 0 unspecified atom stereocenters. The summed E-state index contributed by atoms with van der Waals surface area (Å²) in [6.07, 6.45) is 2.74. The highest BCUT2D eigenvalue weighted by molar-refractivity contribution is 6.04. The van der Waals surface area contributed by atoms with Gasteiger partial charge in [-0.15, -0.1) is 0 Å². The summed E-state index contributed by atoms with van der Waals surface area (Å²) in [4.78, 5) is 25.0. The Balaban J connectivity index is 1.40. The molecule has 31 heavy (non-hydrogen) atoms. The van der Waals surface area contributed by atoms with Crippen molar-refractivity contribution >= 4 is 23.0 Å². The number of pyridine rings is 1. The van der Waals surface area contributed by atoms with E-state index in [1.54, 1.807) is 34.9 Å². The number of alkyl halides is 2. The van der Waals surface area contributed by atoms with Crippen molar-refractivity contribution in [3.8, 4) is 11.4 Å². The number of benzene rings is 1. The molecule has 1 aromatic carbocycles. The van der Waals surface area contributed by atoms with Gasteiger partial charge in [-0.25, -0.2) is 13.8 Å². The molecule has 0 spiro atoms. The molecule has 1 N–H and O–H groups in total. The minimum atomic E-state index is -2.89. The number of nitrogens with one attached hydrogen (secondary N) is 1. The van der Waals surface area contributed by atoms with Crippen LogP contribution in [-0.2, 0) is 0 Å². The second-order valence-corrected chi connectivity index (χ2v) is 7.27. The maximum absolute atomic E-state index is 13.4. The molecule has 5 rings (SSSR count). The molecule has 0 saturated heterocycles. The number of carbonyl (C=O) groups excluding carboxylic acids is 1. The van der Waals surface area contributed by atoms with E-state index in [4.69, 9.17) is 4.52 Å². The zero-order valence-electron chi connectivity index (χ0n) is 16.3. The van der Waals surface area contributed by atoms with Gasteiger partial charge in [0.1, 0.15) is 23.6 Å². The van der Waals surface area contributed by atoms with E-state index in [2.05, 4.69) is 25.4 Å². The van der Waals surface area contributed by atoms with Crippen LogP contribution in [0.2, 0.25) is 0 Å². The lowest BCUT2D eigenvalue weighted by Crippen LogP contribution is -2.16. The van der Waals surface area contributed by atoms with Crippen molar-refractivity contribution in [1.82, 2.24) is 19.5 Å². The zero-order valence-corrected chi connectivity index (χ0v) is 16.3. The number of fused-ring (bicyclic) bond motifs is 1. The van der Waals surface area contributed by atoms with Gasteiger partial charge in [-0.1, -0.05) is 23.4 Å². The third kappa shape index (κ3) is 3.56. The molecule has 4 aromatic rings. The number of carbonyl (C=O) groups is 1. The van der Waals surface area contributed by atoms with Crippen molar-refractivity contribution in [3.05, 3.63) is 65.9 Å². The quantitative estimate of drug-likeness (QED) is 0.540. The largest absolute Gasteiger partial charge is 0.332 e. The molecule has 0 aliphatic carbocycles. The first-order chi connectivity index (χ1) is 14.9. The third-order valence-electron chi connectivity index (χ3n) is 4.99. The summed E-state index contributed by atoms with van der Waals surface area (Å²) in [7, 11) is 0. The standard InChI is InChI=1S/C21H16F2N6O2/c1-12-5-6-13(18-27-20(31-28-18)15-9-21(22,23)11-25-15)8-14(12)26-19(30)16-10-24-17-4-2-3-7-29(16)17/h2-8,10H,9,11H2,1H3,(H,26,30). The van der Waals surface area contributed by atoms with Crippen LogP contribution in [0, 0.1) is 6.92 Å². The van der Waals surface area contributed by atoms with Gasteiger partial charge in [-0.2, -0.15) is 4.98 Å². The highest BCUT2D eigenvalue weighted by Gasteiger charge is 2.38. The molecule has 0 radical (unpaired) electrons. The number of rotatable bonds is 4. The van der Waals surface area contributed by atoms with E-state index in [0.29, 0.717) is 22.6 Å². The fourth-order valence-corrected chi connectivity index (χ4v) is 3.35. The molecule has 156 valence electrons. The summed E-state index contributed by atoms with van der Waals surface area (Å²) < 4.78 is 33.6. The van der Waals surface area contributed by atoms with Crippen molar-refractivity contribution in [1.29, 1.82) is 0 Å². The molecule has 0 fully saturated rings. The van der Waals surface area contributed by atoms with E-state index in [-0.39, 0.29) is 23.3 Å². The lowest BCUT2D eigenvalue weighted by Gasteiger charge is -2.09. The van der Waals surface area contributed by atoms with Crippen molar-refractivity contribution < 1.29 is 18.1 Å². The van der Waals surface area contributed by atoms with Gasteiger partial charge in [0.05, 0.1) is 12.6 Å². The second-order valence-electron chi connectivity index (χ2n) is 7.27. The normalized spacial score (nSPS) is 15.3. The minimum Gasteiger partial charge on any atom is -0.332 e. The van der Waals surface area contributed by atoms with Gasteiger partial charge in [0, 0.05) is 17.4 Å². The molecule has 4 heterocycles. The van der Waals surface area contributed by atoms with Gasteiger partial charge in [0.2, 0.25) is 5.82 Å². The lowest BCUT2D eigenvalue weighted by molar-refractivity contribution is 0.0276. The van der Waals surface area contributed by atoms with Crippen molar-refractivity contribution in [2.75, 3.05) is 11.9 Å². The first-order valence-corrected chi connectivity index (χ1v) is 9.49. The predicted molar refractivity (Wildman–Crippen MR) is 109 cm³/mol. The average Bonchev–Trinajstić information content (AvgIpc) is 3.47. The first kappa shape index (κ1) is 19.0. The summed E-state index contributed by atoms with van der Waals surface area (Å²) in [6, 6.07) is 10.7. The van der Waals surface area contributed by atoms with E-state index in [9.17, 15) is 13.6 Å². The Labute approximate surface area is 174 Å². The van der Waals surface area contributed by atoms with Crippen molar-refractivity contribution in [2.45, 2.75) is 19.3 Å². The topological polar surface area (TPSA) is 97.7 Å². The maximum atomic E-state index is 13.4. The lowest BCUT2D eigenvalue weighted by atomic mass is 10.1. The Bertz CT molecular complexity index is 1340. The van der Waals surface area contributed by atoms with Crippen LogP contribution in [0.4, 0.5) is 14.5 Å². The molecule has 0 bridgehead atoms. The monoisotopic (exact) mass is 422 g/mol.